The van der Waals surface area contributed by atoms with E-state index in [4.69, 9.17) is 10.5 Å². The van der Waals surface area contributed by atoms with Gasteiger partial charge in [-0.3, -0.25) is 4.90 Å². The van der Waals surface area contributed by atoms with Gasteiger partial charge in [0.1, 0.15) is 0 Å². The molecule has 4 heteroatoms. The Hall–Kier alpha value is -0.420. The van der Waals surface area contributed by atoms with Crippen LogP contribution < -0.4 is 5.73 Å². The summed E-state index contributed by atoms with van der Waals surface area (Å²) in [6.45, 7) is 4.94. The Balaban J connectivity index is 2.16. The predicted molar refractivity (Wildman–Crippen MR) is 82.1 cm³/mol. The molecule has 1 heterocycles. The minimum atomic E-state index is 0.265. The summed E-state index contributed by atoms with van der Waals surface area (Å²) >= 11 is 3.63. The van der Waals surface area contributed by atoms with Gasteiger partial charge in [-0.25, -0.2) is 0 Å². The fourth-order valence-corrected chi connectivity index (χ4v) is 3.41. The maximum Gasteiger partial charge on any atom is 0.0724 e. The molecule has 1 aliphatic rings. The molecule has 0 aromatic heterocycles. The minimum absolute atomic E-state index is 0.265. The lowest BCUT2D eigenvalue weighted by atomic mass is 9.93. The summed E-state index contributed by atoms with van der Waals surface area (Å²) in [5.41, 5.74) is 7.30. The van der Waals surface area contributed by atoms with Crippen LogP contribution in [0.25, 0.3) is 0 Å². The number of likely N-dealkylation sites (tertiary alicyclic amines) is 1. The largest absolute Gasteiger partial charge is 0.380 e. The number of piperidine rings is 1. The first kappa shape index (κ1) is 15.0. The average molecular weight is 327 g/mol. The van der Waals surface area contributed by atoms with Gasteiger partial charge in [0.25, 0.3) is 0 Å². The van der Waals surface area contributed by atoms with Crippen LogP contribution in [-0.4, -0.2) is 37.7 Å². The van der Waals surface area contributed by atoms with E-state index >= 15 is 0 Å². The summed E-state index contributed by atoms with van der Waals surface area (Å²) in [7, 11) is 1.81. The number of nitrogens with two attached hydrogens (primary N) is 1. The Labute approximate surface area is 124 Å². The Morgan fingerprint density at radius 2 is 2.21 bits per heavy atom. The molecule has 1 aromatic carbocycles. The lowest BCUT2D eigenvalue weighted by molar-refractivity contribution is -0.0184. The van der Waals surface area contributed by atoms with Crippen molar-refractivity contribution in [2.24, 2.45) is 11.7 Å². The van der Waals surface area contributed by atoms with Crippen LogP contribution in [0.15, 0.2) is 28.7 Å². The molecule has 1 aromatic rings. The smallest absolute Gasteiger partial charge is 0.0724 e. The number of ether oxygens (including phenoxy) is 1. The lowest BCUT2D eigenvalue weighted by Crippen LogP contribution is -2.47. The third-order valence-corrected chi connectivity index (χ3v) is 4.87. The van der Waals surface area contributed by atoms with Gasteiger partial charge in [0.15, 0.2) is 0 Å². The van der Waals surface area contributed by atoms with Crippen molar-refractivity contribution in [1.29, 1.82) is 0 Å². The van der Waals surface area contributed by atoms with E-state index in [9.17, 15) is 0 Å². The highest BCUT2D eigenvalue weighted by Crippen LogP contribution is 2.31. The van der Waals surface area contributed by atoms with E-state index in [1.165, 1.54) is 12.0 Å². The zero-order chi connectivity index (χ0) is 13.8. The van der Waals surface area contributed by atoms with Gasteiger partial charge in [-0.1, -0.05) is 41.1 Å². The van der Waals surface area contributed by atoms with E-state index in [0.717, 1.165) is 17.6 Å². The molecule has 2 rings (SSSR count). The third kappa shape index (κ3) is 3.37. The van der Waals surface area contributed by atoms with Crippen molar-refractivity contribution < 1.29 is 4.74 Å². The number of methoxy groups -OCH3 is 1. The number of halogens is 1. The lowest BCUT2D eigenvalue weighted by Gasteiger charge is -2.40. The van der Waals surface area contributed by atoms with E-state index in [1.807, 2.05) is 6.07 Å². The van der Waals surface area contributed by atoms with Crippen LogP contribution in [-0.2, 0) is 4.74 Å². The molecule has 0 saturated carbocycles. The number of hydrogen-bond donors (Lipinski definition) is 1. The van der Waals surface area contributed by atoms with Gasteiger partial charge in [0, 0.05) is 30.7 Å². The summed E-state index contributed by atoms with van der Waals surface area (Å²) in [6, 6.07) is 8.61. The molecule has 3 atom stereocenters. The van der Waals surface area contributed by atoms with Crippen molar-refractivity contribution in [3.05, 3.63) is 34.3 Å². The second-order valence-electron chi connectivity index (χ2n) is 5.31. The standard InChI is InChI=1S/C15H23BrN2O/c1-11-7-8-18(10-15(11)19-2)14(9-17)12-5-3-4-6-13(12)16/h3-6,11,14-15H,7-10,17H2,1-2H3. The maximum absolute atomic E-state index is 6.02. The highest BCUT2D eigenvalue weighted by atomic mass is 79.9. The zero-order valence-corrected chi connectivity index (χ0v) is 13.3. The molecule has 19 heavy (non-hydrogen) atoms. The van der Waals surface area contributed by atoms with Crippen molar-refractivity contribution in [2.45, 2.75) is 25.5 Å². The van der Waals surface area contributed by atoms with Gasteiger partial charge >= 0.3 is 0 Å². The normalized spacial score (nSPS) is 26.3. The van der Waals surface area contributed by atoms with Crippen molar-refractivity contribution in [3.63, 3.8) is 0 Å². The van der Waals surface area contributed by atoms with E-state index < -0.39 is 0 Å². The molecule has 0 aliphatic carbocycles. The van der Waals surface area contributed by atoms with Gasteiger partial charge in [-0.2, -0.15) is 0 Å². The molecule has 2 N–H and O–H groups in total. The third-order valence-electron chi connectivity index (χ3n) is 4.15. The number of hydrogen-bond acceptors (Lipinski definition) is 3. The molecule has 3 nitrogen and oxygen atoms in total. The Morgan fingerprint density at radius 1 is 1.47 bits per heavy atom. The average Bonchev–Trinajstić information content (AvgIpc) is 2.43. The van der Waals surface area contributed by atoms with Crippen molar-refractivity contribution in [2.75, 3.05) is 26.7 Å². The Bertz CT molecular complexity index is 413. The van der Waals surface area contributed by atoms with Gasteiger partial charge in [0.2, 0.25) is 0 Å². The zero-order valence-electron chi connectivity index (χ0n) is 11.7. The molecule has 3 unspecified atom stereocenters. The number of nitrogens with zero attached hydrogens (tertiary/aromatic N) is 1. The van der Waals surface area contributed by atoms with E-state index in [-0.39, 0.29) is 6.04 Å². The van der Waals surface area contributed by atoms with Crippen LogP contribution in [0.1, 0.15) is 24.9 Å². The Kier molecular flexibility index (Phi) is 5.39. The molecule has 0 spiro atoms. The molecule has 1 fully saturated rings. The van der Waals surface area contributed by atoms with Gasteiger partial charge in [-0.05, 0) is 30.5 Å². The van der Waals surface area contributed by atoms with Crippen LogP contribution in [0.5, 0.6) is 0 Å². The first-order valence-electron chi connectivity index (χ1n) is 6.88. The number of rotatable bonds is 4. The fraction of sp³-hybridized carbons (Fsp3) is 0.600. The van der Waals surface area contributed by atoms with Gasteiger partial charge in [0.05, 0.1) is 6.10 Å². The second kappa shape index (κ2) is 6.84. The van der Waals surface area contributed by atoms with Crippen LogP contribution >= 0.6 is 15.9 Å². The van der Waals surface area contributed by atoms with Crippen molar-refractivity contribution >= 4 is 15.9 Å². The Morgan fingerprint density at radius 3 is 2.84 bits per heavy atom. The molecule has 106 valence electrons. The minimum Gasteiger partial charge on any atom is -0.380 e. The summed E-state index contributed by atoms with van der Waals surface area (Å²) in [5, 5.41) is 0. The molecule has 0 amide bonds. The molecule has 0 bridgehead atoms. The highest BCUT2D eigenvalue weighted by molar-refractivity contribution is 9.10. The molecule has 1 saturated heterocycles. The summed E-state index contributed by atoms with van der Waals surface area (Å²) < 4.78 is 6.74. The monoisotopic (exact) mass is 326 g/mol. The summed E-state index contributed by atoms with van der Waals surface area (Å²) in [6.07, 6.45) is 1.48. The van der Waals surface area contributed by atoms with E-state index in [2.05, 4.69) is 46.0 Å². The highest BCUT2D eigenvalue weighted by Gasteiger charge is 2.30. The van der Waals surface area contributed by atoms with E-state index in [1.54, 1.807) is 7.11 Å². The first-order chi connectivity index (χ1) is 9.17. The molecule has 1 aliphatic heterocycles. The fourth-order valence-electron chi connectivity index (χ4n) is 2.87. The first-order valence-corrected chi connectivity index (χ1v) is 7.68. The maximum atomic E-state index is 6.02. The molecule has 0 radical (unpaired) electrons. The van der Waals surface area contributed by atoms with Crippen LogP contribution in [0.2, 0.25) is 0 Å². The SMILES string of the molecule is COC1CN(C(CN)c2ccccc2Br)CCC1C. The molecular formula is C15H23BrN2O. The summed E-state index contributed by atoms with van der Waals surface area (Å²) in [5.74, 6) is 0.624. The van der Waals surface area contributed by atoms with Gasteiger partial charge in [-0.15, -0.1) is 0 Å². The summed E-state index contributed by atoms with van der Waals surface area (Å²) in [4.78, 5) is 2.45. The topological polar surface area (TPSA) is 38.5 Å². The van der Waals surface area contributed by atoms with Crippen LogP contribution in [0.3, 0.4) is 0 Å². The van der Waals surface area contributed by atoms with Crippen LogP contribution in [0, 0.1) is 5.92 Å². The van der Waals surface area contributed by atoms with Crippen molar-refractivity contribution in [1.82, 2.24) is 4.90 Å². The molecular weight excluding hydrogens is 304 g/mol. The second-order valence-corrected chi connectivity index (χ2v) is 6.16. The van der Waals surface area contributed by atoms with Crippen molar-refractivity contribution in [3.8, 4) is 0 Å². The van der Waals surface area contributed by atoms with E-state index in [0.29, 0.717) is 18.6 Å². The quantitative estimate of drug-likeness (QED) is 0.924. The van der Waals surface area contributed by atoms with Gasteiger partial charge < -0.3 is 10.5 Å². The predicted octanol–water partition coefficient (Wildman–Crippen LogP) is 2.81. The number of benzene rings is 1. The van der Waals surface area contributed by atoms with Crippen LogP contribution in [0.4, 0.5) is 0 Å².